The fraction of sp³-hybridized carbons (Fsp3) is 0.458. The van der Waals surface area contributed by atoms with Crippen molar-refractivity contribution in [3.8, 4) is 22.8 Å². The molecule has 53 heavy (non-hydrogen) atoms. The zero-order valence-corrected chi connectivity index (χ0v) is 36.2. The molecule has 0 atom stereocenters. The van der Waals surface area contributed by atoms with Crippen molar-refractivity contribution >= 4 is 38.1 Å². The number of fused-ring (bicyclic) bond motifs is 5. The predicted molar refractivity (Wildman–Crippen MR) is 221 cm³/mol. The number of nitrogens with zero attached hydrogens (tertiary/aromatic N) is 1. The van der Waals surface area contributed by atoms with E-state index < -0.39 is 0 Å². The largest absolute Gasteiger partial charge is 0.512 e. The van der Waals surface area contributed by atoms with Gasteiger partial charge in [0, 0.05) is 54.8 Å². The van der Waals surface area contributed by atoms with Crippen molar-refractivity contribution in [2.75, 3.05) is 0 Å². The number of benzene rings is 4. The van der Waals surface area contributed by atoms with Crippen LogP contribution in [0.15, 0.2) is 72.6 Å². The summed E-state index contributed by atoms with van der Waals surface area (Å²) >= 11 is 0. The number of hydrogen-bond acceptors (Lipinski definition) is 4. The predicted octanol–water partition coefficient (Wildman–Crippen LogP) is 13.9. The summed E-state index contributed by atoms with van der Waals surface area (Å²) in [6, 6.07) is 20.4. The van der Waals surface area contributed by atoms with E-state index in [1.807, 2.05) is 40.7 Å². The first-order valence-corrected chi connectivity index (χ1v) is 19.4. The van der Waals surface area contributed by atoms with Crippen LogP contribution in [-0.2, 0) is 37.7 Å². The molecule has 0 saturated heterocycles. The Morgan fingerprint density at radius 2 is 1.49 bits per heavy atom. The molecule has 1 radical (unpaired) electrons. The number of hydrogen-bond donors (Lipinski definition) is 1. The minimum Gasteiger partial charge on any atom is -0.512 e. The molecule has 0 bridgehead atoms. The van der Waals surface area contributed by atoms with Crippen LogP contribution in [0.1, 0.15) is 122 Å². The number of aromatic nitrogens is 1. The zero-order chi connectivity index (χ0) is 39.7. The molecule has 6 rings (SSSR count). The fourth-order valence-electron chi connectivity index (χ4n) is 7.81. The van der Waals surface area contributed by atoms with Gasteiger partial charge in [0.15, 0.2) is 5.78 Å². The van der Waals surface area contributed by atoms with E-state index in [2.05, 4.69) is 95.1 Å². The first kappa shape index (κ1) is 39.2. The summed E-state index contributed by atoms with van der Waals surface area (Å²) < 4.78 is 24.3. The number of pyridine rings is 1. The van der Waals surface area contributed by atoms with Crippen molar-refractivity contribution in [2.45, 2.75) is 121 Å². The Labute approximate surface area is 335 Å². The number of carbonyl (C=O) groups excluding carboxylic acids is 1. The third kappa shape index (κ3) is 8.90. The molecule has 0 spiro atoms. The van der Waals surface area contributed by atoms with Crippen molar-refractivity contribution in [2.24, 2.45) is 22.2 Å². The van der Waals surface area contributed by atoms with Crippen LogP contribution in [0.4, 0.5) is 0 Å². The molecule has 0 saturated carbocycles. The first-order chi connectivity index (χ1) is 25.4. The summed E-state index contributed by atoms with van der Waals surface area (Å²) in [7, 11) is 0. The van der Waals surface area contributed by atoms with Crippen LogP contribution < -0.4 is 4.74 Å². The summed E-state index contributed by atoms with van der Waals surface area (Å²) in [6.45, 7) is 23.6. The Bertz CT molecular complexity index is 2210. The van der Waals surface area contributed by atoms with Crippen molar-refractivity contribution in [1.29, 1.82) is 0 Å². The normalized spacial score (nSPS) is 13.5. The van der Waals surface area contributed by atoms with Crippen molar-refractivity contribution in [1.82, 2.24) is 4.98 Å². The maximum absolute atomic E-state index is 12.3. The molecule has 5 heteroatoms. The number of rotatable bonds is 10. The van der Waals surface area contributed by atoms with Crippen LogP contribution in [-0.4, -0.2) is 15.9 Å². The summed E-state index contributed by atoms with van der Waals surface area (Å²) in [5.41, 5.74) is 3.71. The third-order valence-electron chi connectivity index (χ3n) is 10.9. The molecular formula is C48H60IrNO3-. The molecular weight excluding hydrogens is 831 g/mol. The maximum atomic E-state index is 12.3. The minimum absolute atomic E-state index is 0. The van der Waals surface area contributed by atoms with Gasteiger partial charge in [0.05, 0.1) is 14.3 Å². The number of ketones is 1. The van der Waals surface area contributed by atoms with E-state index in [0.29, 0.717) is 11.4 Å². The van der Waals surface area contributed by atoms with E-state index in [1.54, 1.807) is 0 Å². The second-order valence-corrected chi connectivity index (χ2v) is 17.1. The van der Waals surface area contributed by atoms with Crippen LogP contribution in [0.25, 0.3) is 43.6 Å². The van der Waals surface area contributed by atoms with Gasteiger partial charge in [0.25, 0.3) is 0 Å². The van der Waals surface area contributed by atoms with E-state index in [0.717, 1.165) is 94.1 Å². The second-order valence-electron chi connectivity index (χ2n) is 17.1. The number of aliphatic hydroxyl groups excluding tert-OH is 1. The molecule has 1 aliphatic heterocycles. The summed E-state index contributed by atoms with van der Waals surface area (Å²) in [6.07, 6.45) is 7.47. The molecule has 2 heterocycles. The van der Waals surface area contributed by atoms with Gasteiger partial charge < -0.3 is 9.84 Å². The monoisotopic (exact) mass is 893 g/mol. The average Bonchev–Trinajstić information content (AvgIpc) is 3.11. The number of ether oxygens (including phenoxy) is 1. The van der Waals surface area contributed by atoms with Gasteiger partial charge >= 0.3 is 0 Å². The molecule has 4 aromatic carbocycles. The van der Waals surface area contributed by atoms with Gasteiger partial charge in [-0.25, -0.2) is 0 Å². The molecule has 5 aromatic rings. The average molecular weight is 893 g/mol. The molecule has 285 valence electrons. The Morgan fingerprint density at radius 3 is 2.09 bits per heavy atom. The van der Waals surface area contributed by atoms with E-state index in [4.69, 9.17) is 7.48 Å². The van der Waals surface area contributed by atoms with Crippen LogP contribution in [0.2, 0.25) is 0 Å². The Kier molecular flexibility index (Phi) is 12.5. The van der Waals surface area contributed by atoms with E-state index in [-0.39, 0.29) is 66.0 Å². The molecule has 1 aromatic heterocycles. The third-order valence-corrected chi connectivity index (χ3v) is 10.9. The SMILES string of the molecule is CCC(CC)/C(O)=C/C(=O)C(CC)(CC)CC.[2H]c1nc2c3c(cc4c(CC(C)(C)C)cccc4c3c1[2H])Oc1c-2[c-]c2ccccc2c1CC(C)(C)C.[Ir]. The Balaban J connectivity index is 0.000000320. The number of carbonyl (C=O) groups is 1. The molecule has 0 fully saturated rings. The Morgan fingerprint density at radius 1 is 0.868 bits per heavy atom. The zero-order valence-electron chi connectivity index (χ0n) is 35.8. The summed E-state index contributed by atoms with van der Waals surface area (Å²) in [5, 5.41) is 15.7. The topological polar surface area (TPSA) is 59.4 Å². The molecule has 0 aliphatic carbocycles. The molecule has 4 nitrogen and oxygen atoms in total. The fourth-order valence-corrected chi connectivity index (χ4v) is 7.81. The van der Waals surface area contributed by atoms with E-state index >= 15 is 0 Å². The number of aliphatic hydroxyl groups is 1. The molecule has 1 N–H and O–H groups in total. The van der Waals surface area contributed by atoms with Crippen molar-refractivity contribution in [3.63, 3.8) is 0 Å². The minimum atomic E-state index is -0.278. The van der Waals surface area contributed by atoms with E-state index in [9.17, 15) is 9.90 Å². The molecule has 0 unspecified atom stereocenters. The Hall–Kier alpha value is -3.53. The standard InChI is InChI=1S/C33H32NO.C15H28O2.Ir/c1-32(2,3)18-21-11-9-13-23-24-14-15-34-30-26-16-20-10-7-8-12-22(20)27(19-33(4,5)6)31(26)35-28(29(24)30)17-25(21)23;1-6-12(7-2)13(16)11-14(17)15(8-3,9-4)10-5;/h7-15,17H,18-19H2,1-6H3;11-12,16H,6-10H2,1-5H3;/q-1;;/b;13-11-;/i14D,15D;;. The van der Waals surface area contributed by atoms with Gasteiger partial charge in [-0.2, -0.15) is 0 Å². The van der Waals surface area contributed by atoms with Crippen LogP contribution in [0, 0.1) is 28.2 Å². The summed E-state index contributed by atoms with van der Waals surface area (Å²) in [4.78, 5) is 16.9. The van der Waals surface area contributed by atoms with Gasteiger partial charge in [-0.05, 0) is 89.6 Å². The maximum Gasteiger partial charge on any atom is 0.165 e. The van der Waals surface area contributed by atoms with Crippen LogP contribution in [0.5, 0.6) is 11.5 Å². The summed E-state index contributed by atoms with van der Waals surface area (Å²) in [5.74, 6) is 1.97. The van der Waals surface area contributed by atoms with Gasteiger partial charge in [-0.1, -0.05) is 129 Å². The smallest absolute Gasteiger partial charge is 0.165 e. The number of allylic oxidation sites excluding steroid dienone is 2. The van der Waals surface area contributed by atoms with Gasteiger partial charge in [0.2, 0.25) is 0 Å². The van der Waals surface area contributed by atoms with Crippen LogP contribution in [0.3, 0.4) is 0 Å². The molecule has 1 aliphatic rings. The van der Waals surface area contributed by atoms with Crippen molar-refractivity contribution in [3.05, 3.63) is 89.8 Å². The van der Waals surface area contributed by atoms with Gasteiger partial charge in [-0.3, -0.25) is 9.78 Å². The van der Waals surface area contributed by atoms with Gasteiger partial charge in [0.1, 0.15) is 5.75 Å². The van der Waals surface area contributed by atoms with Crippen molar-refractivity contribution < 1.29 is 37.5 Å². The van der Waals surface area contributed by atoms with E-state index in [1.165, 1.54) is 11.6 Å². The quantitative estimate of drug-likeness (QED) is 0.0644. The van der Waals surface area contributed by atoms with Crippen LogP contribution >= 0.6 is 0 Å². The second kappa shape index (κ2) is 16.9. The van der Waals surface area contributed by atoms with Gasteiger partial charge in [-0.15, -0.1) is 17.5 Å². The molecule has 0 amide bonds. The first-order valence-electron chi connectivity index (χ1n) is 20.4.